The van der Waals surface area contributed by atoms with Gasteiger partial charge in [-0.3, -0.25) is 0 Å². The number of benzene rings is 1. The maximum Gasteiger partial charge on any atom is 0.319 e. The van der Waals surface area contributed by atoms with Crippen LogP contribution >= 0.6 is 11.6 Å². The highest BCUT2D eigenvalue weighted by atomic mass is 35.5. The van der Waals surface area contributed by atoms with Gasteiger partial charge in [-0.1, -0.05) is 43.2 Å². The monoisotopic (exact) mass is 266 g/mol. The minimum atomic E-state index is -0.213. The van der Waals surface area contributed by atoms with Crippen molar-refractivity contribution in [3.8, 4) is 0 Å². The molecule has 1 aromatic rings. The summed E-state index contributed by atoms with van der Waals surface area (Å²) in [5.74, 6) is 0.429. The molecule has 0 spiro atoms. The number of allylic oxidation sites excluding steroid dienone is 1. The Hall–Kier alpha value is -1.48. The predicted octanol–water partition coefficient (Wildman–Crippen LogP) is 3.70. The molecule has 98 valence electrons. The Kier molecular flexibility index (Phi) is 5.72. The van der Waals surface area contributed by atoms with E-state index in [4.69, 9.17) is 11.6 Å². The third kappa shape index (κ3) is 5.23. The van der Waals surface area contributed by atoms with Crippen molar-refractivity contribution < 1.29 is 4.79 Å². The molecule has 0 heterocycles. The van der Waals surface area contributed by atoms with Gasteiger partial charge in [0.25, 0.3) is 0 Å². The van der Waals surface area contributed by atoms with Gasteiger partial charge in [-0.25, -0.2) is 4.79 Å². The number of rotatable bonds is 4. The number of urea groups is 1. The molecule has 0 radical (unpaired) electrons. The molecule has 0 aromatic heterocycles. The number of nitrogens with one attached hydrogen (secondary N) is 2. The Bertz CT molecular complexity index is 441. The number of hydrogen-bond acceptors (Lipinski definition) is 1. The summed E-state index contributed by atoms with van der Waals surface area (Å²) in [6, 6.07) is 7.20. The van der Waals surface area contributed by atoms with Crippen molar-refractivity contribution in [2.24, 2.45) is 5.92 Å². The van der Waals surface area contributed by atoms with E-state index in [9.17, 15) is 4.79 Å². The lowest BCUT2D eigenvalue weighted by Gasteiger charge is -2.08. The molecule has 4 heteroatoms. The van der Waals surface area contributed by atoms with Crippen LogP contribution < -0.4 is 10.6 Å². The van der Waals surface area contributed by atoms with E-state index in [2.05, 4.69) is 24.5 Å². The average Bonchev–Trinajstić information content (AvgIpc) is 2.33. The van der Waals surface area contributed by atoms with Crippen LogP contribution in [-0.4, -0.2) is 6.03 Å². The van der Waals surface area contributed by atoms with Gasteiger partial charge in [-0.2, -0.15) is 0 Å². The Morgan fingerprint density at radius 3 is 2.78 bits per heavy atom. The lowest BCUT2D eigenvalue weighted by molar-refractivity contribution is 0.243. The molecular weight excluding hydrogens is 248 g/mol. The molecule has 0 aliphatic heterocycles. The summed E-state index contributed by atoms with van der Waals surface area (Å²) >= 11 is 5.86. The molecule has 0 aliphatic rings. The van der Waals surface area contributed by atoms with Gasteiger partial charge in [0.05, 0.1) is 0 Å². The first-order valence-corrected chi connectivity index (χ1v) is 6.32. The van der Waals surface area contributed by atoms with Gasteiger partial charge in [-0.15, -0.1) is 0 Å². The molecule has 0 aliphatic carbocycles. The second-order valence-electron chi connectivity index (χ2n) is 4.50. The first-order valence-electron chi connectivity index (χ1n) is 5.94. The van der Waals surface area contributed by atoms with Crippen molar-refractivity contribution in [1.29, 1.82) is 0 Å². The van der Waals surface area contributed by atoms with Crippen LogP contribution in [0.5, 0.6) is 0 Å². The van der Waals surface area contributed by atoms with Crippen LogP contribution in [0.3, 0.4) is 0 Å². The molecule has 2 N–H and O–H groups in total. The van der Waals surface area contributed by atoms with E-state index in [-0.39, 0.29) is 6.03 Å². The summed E-state index contributed by atoms with van der Waals surface area (Å²) in [5, 5.41) is 6.14. The topological polar surface area (TPSA) is 41.1 Å². The van der Waals surface area contributed by atoms with Crippen LogP contribution in [0.1, 0.15) is 26.3 Å². The van der Waals surface area contributed by atoms with Gasteiger partial charge in [0.2, 0.25) is 0 Å². The van der Waals surface area contributed by atoms with E-state index < -0.39 is 0 Å². The van der Waals surface area contributed by atoms with E-state index in [1.54, 1.807) is 12.3 Å². The highest BCUT2D eigenvalue weighted by Gasteiger charge is 2.00. The molecular formula is C14H19ClN2O. The first kappa shape index (κ1) is 14.6. The lowest BCUT2D eigenvalue weighted by Crippen LogP contribution is -2.32. The third-order valence-electron chi connectivity index (χ3n) is 2.68. The van der Waals surface area contributed by atoms with Crippen LogP contribution in [0.2, 0.25) is 5.02 Å². The largest absolute Gasteiger partial charge is 0.334 e. The maximum atomic E-state index is 11.5. The summed E-state index contributed by atoms with van der Waals surface area (Å²) in [5.41, 5.74) is 2.11. The number of carbonyl (C=O) groups is 1. The summed E-state index contributed by atoms with van der Waals surface area (Å²) < 4.78 is 0. The molecule has 18 heavy (non-hydrogen) atoms. The fraction of sp³-hybridized carbons (Fsp3) is 0.357. The molecule has 3 nitrogen and oxygen atoms in total. The number of amides is 2. The van der Waals surface area contributed by atoms with Crippen LogP contribution in [0.25, 0.3) is 0 Å². The maximum absolute atomic E-state index is 11.5. The highest BCUT2D eigenvalue weighted by Crippen LogP contribution is 2.10. The highest BCUT2D eigenvalue weighted by molar-refractivity contribution is 6.30. The van der Waals surface area contributed by atoms with E-state index in [1.807, 2.05) is 25.1 Å². The van der Waals surface area contributed by atoms with Crippen molar-refractivity contribution in [3.05, 3.63) is 46.6 Å². The van der Waals surface area contributed by atoms with E-state index >= 15 is 0 Å². The van der Waals surface area contributed by atoms with Crippen molar-refractivity contribution in [1.82, 2.24) is 10.6 Å². The predicted molar refractivity (Wildman–Crippen MR) is 75.4 cm³/mol. The van der Waals surface area contributed by atoms with Gasteiger partial charge in [0.1, 0.15) is 0 Å². The van der Waals surface area contributed by atoms with Crippen molar-refractivity contribution in [3.63, 3.8) is 0 Å². The normalized spacial score (nSPS) is 11.5. The molecule has 1 aromatic carbocycles. The molecule has 0 saturated carbocycles. The summed E-state index contributed by atoms with van der Waals surface area (Å²) in [6.07, 6.45) is 1.73. The zero-order valence-corrected chi connectivity index (χ0v) is 11.7. The summed E-state index contributed by atoms with van der Waals surface area (Å²) in [4.78, 5) is 11.5. The van der Waals surface area contributed by atoms with Gasteiger partial charge >= 0.3 is 6.03 Å². The molecule has 0 bridgehead atoms. The number of halogens is 1. The van der Waals surface area contributed by atoms with E-state index in [0.717, 1.165) is 11.1 Å². The average molecular weight is 267 g/mol. The minimum absolute atomic E-state index is 0.213. The molecule has 0 atom stereocenters. The smallest absolute Gasteiger partial charge is 0.319 e. The van der Waals surface area contributed by atoms with Crippen LogP contribution in [0, 0.1) is 5.92 Å². The van der Waals surface area contributed by atoms with E-state index in [1.165, 1.54) is 0 Å². The SMILES string of the molecule is C/C(=C\NC(=O)NCc1cccc(Cl)c1)C(C)C. The zero-order valence-electron chi connectivity index (χ0n) is 11.0. The Morgan fingerprint density at radius 1 is 1.44 bits per heavy atom. The molecule has 0 unspecified atom stereocenters. The Balaban J connectivity index is 2.40. The number of hydrogen-bond donors (Lipinski definition) is 2. The van der Waals surface area contributed by atoms with Gasteiger partial charge in [0, 0.05) is 17.8 Å². The Labute approximate surface area is 113 Å². The van der Waals surface area contributed by atoms with Crippen LogP contribution in [0.4, 0.5) is 4.79 Å². The van der Waals surface area contributed by atoms with Gasteiger partial charge in [0.15, 0.2) is 0 Å². The van der Waals surface area contributed by atoms with Crippen molar-refractivity contribution >= 4 is 17.6 Å². The quantitative estimate of drug-likeness (QED) is 0.857. The van der Waals surface area contributed by atoms with Crippen LogP contribution in [-0.2, 0) is 6.54 Å². The second-order valence-corrected chi connectivity index (χ2v) is 4.94. The zero-order chi connectivity index (χ0) is 13.5. The minimum Gasteiger partial charge on any atom is -0.334 e. The van der Waals surface area contributed by atoms with Crippen LogP contribution in [0.15, 0.2) is 36.0 Å². The van der Waals surface area contributed by atoms with Gasteiger partial charge in [-0.05, 0) is 30.5 Å². The first-order chi connectivity index (χ1) is 8.49. The second kappa shape index (κ2) is 7.07. The summed E-state index contributed by atoms with van der Waals surface area (Å²) in [6.45, 7) is 6.61. The van der Waals surface area contributed by atoms with Gasteiger partial charge < -0.3 is 10.6 Å². The molecule has 1 rings (SSSR count). The summed E-state index contributed by atoms with van der Waals surface area (Å²) in [7, 11) is 0. The fourth-order valence-corrected chi connectivity index (χ4v) is 1.44. The number of carbonyl (C=O) groups excluding carboxylic acids is 1. The van der Waals surface area contributed by atoms with Crippen molar-refractivity contribution in [2.45, 2.75) is 27.3 Å². The molecule has 0 fully saturated rings. The fourth-order valence-electron chi connectivity index (χ4n) is 1.23. The lowest BCUT2D eigenvalue weighted by atomic mass is 10.1. The van der Waals surface area contributed by atoms with Crippen molar-refractivity contribution in [2.75, 3.05) is 0 Å². The molecule has 0 saturated heterocycles. The van der Waals surface area contributed by atoms with E-state index in [0.29, 0.717) is 17.5 Å². The standard InChI is InChI=1S/C14H19ClN2O/c1-10(2)11(3)8-16-14(18)17-9-12-5-4-6-13(15)7-12/h4-8,10H,9H2,1-3H3,(H2,16,17,18)/b11-8+. The third-order valence-corrected chi connectivity index (χ3v) is 2.92. The molecule has 2 amide bonds. The Morgan fingerprint density at radius 2 is 2.17 bits per heavy atom.